The van der Waals surface area contributed by atoms with Gasteiger partial charge in [0, 0.05) is 6.54 Å². The monoisotopic (exact) mass is 380 g/mol. The average molecular weight is 380 g/mol. The van der Waals surface area contributed by atoms with E-state index in [0.717, 1.165) is 28.4 Å². The van der Waals surface area contributed by atoms with Crippen LogP contribution in [0.25, 0.3) is 10.2 Å². The van der Waals surface area contributed by atoms with Crippen LogP contribution in [0.2, 0.25) is 0 Å². The van der Waals surface area contributed by atoms with Gasteiger partial charge in [0.05, 0.1) is 16.3 Å². The lowest BCUT2D eigenvalue weighted by Crippen LogP contribution is -2.32. The molecule has 0 amide bonds. The summed E-state index contributed by atoms with van der Waals surface area (Å²) in [4.78, 5) is 3.64. The van der Waals surface area contributed by atoms with Crippen LogP contribution in [0.1, 0.15) is 23.9 Å². The lowest BCUT2D eigenvalue weighted by molar-refractivity contribution is 0.388. The van der Waals surface area contributed by atoms with E-state index in [1.807, 2.05) is 24.3 Å². The van der Waals surface area contributed by atoms with Gasteiger partial charge in [-0.3, -0.25) is 0 Å². The molecule has 1 aliphatic rings. The van der Waals surface area contributed by atoms with Crippen molar-refractivity contribution < 1.29 is 17.2 Å². The SMILES string of the molecule is O=S(=O)(c1c(F)cccc1F)N1CCC[C@H]1c1nc2ccccc2s1. The number of rotatable bonds is 3. The van der Waals surface area contributed by atoms with E-state index in [-0.39, 0.29) is 6.54 Å². The van der Waals surface area contributed by atoms with E-state index in [0.29, 0.717) is 17.8 Å². The van der Waals surface area contributed by atoms with Crippen LogP contribution in [0.5, 0.6) is 0 Å². The Morgan fingerprint density at radius 3 is 2.52 bits per heavy atom. The number of thiazole rings is 1. The molecular formula is C17H14F2N2O2S2. The minimum absolute atomic E-state index is 0.219. The van der Waals surface area contributed by atoms with E-state index in [9.17, 15) is 17.2 Å². The summed E-state index contributed by atoms with van der Waals surface area (Å²) in [6, 6.07) is 10.1. The Balaban J connectivity index is 1.78. The van der Waals surface area contributed by atoms with Crippen LogP contribution in [-0.4, -0.2) is 24.3 Å². The zero-order chi connectivity index (χ0) is 17.6. The highest BCUT2D eigenvalue weighted by atomic mass is 32.2. The number of halogens is 2. The van der Waals surface area contributed by atoms with Gasteiger partial charge in [0.1, 0.15) is 16.6 Å². The van der Waals surface area contributed by atoms with Gasteiger partial charge in [-0.25, -0.2) is 22.2 Å². The van der Waals surface area contributed by atoms with Crippen LogP contribution in [0.15, 0.2) is 47.4 Å². The van der Waals surface area contributed by atoms with Gasteiger partial charge in [-0.1, -0.05) is 18.2 Å². The van der Waals surface area contributed by atoms with Gasteiger partial charge in [0.2, 0.25) is 10.0 Å². The van der Waals surface area contributed by atoms with Crippen molar-refractivity contribution in [3.63, 3.8) is 0 Å². The van der Waals surface area contributed by atoms with Crippen molar-refractivity contribution >= 4 is 31.6 Å². The average Bonchev–Trinajstić information content (AvgIpc) is 3.21. The second kappa shape index (κ2) is 6.12. The maximum Gasteiger partial charge on any atom is 0.249 e. The zero-order valence-corrected chi connectivity index (χ0v) is 14.7. The van der Waals surface area contributed by atoms with Crippen molar-refractivity contribution in [3.8, 4) is 0 Å². The molecule has 1 fully saturated rings. The van der Waals surface area contributed by atoms with E-state index in [2.05, 4.69) is 4.98 Å². The molecule has 2 heterocycles. The number of fused-ring (bicyclic) bond motifs is 1. The van der Waals surface area contributed by atoms with Gasteiger partial charge in [-0.2, -0.15) is 4.31 Å². The molecule has 1 atom stereocenters. The molecule has 0 N–H and O–H groups in total. The van der Waals surface area contributed by atoms with E-state index >= 15 is 0 Å². The predicted octanol–water partition coefficient (Wildman–Crippen LogP) is 4.10. The first kappa shape index (κ1) is 16.6. The molecule has 1 saturated heterocycles. The number of hydrogen-bond acceptors (Lipinski definition) is 4. The molecule has 1 aromatic heterocycles. The summed E-state index contributed by atoms with van der Waals surface area (Å²) >= 11 is 1.41. The van der Waals surface area contributed by atoms with Crippen LogP contribution in [-0.2, 0) is 10.0 Å². The summed E-state index contributed by atoms with van der Waals surface area (Å²) in [7, 11) is -4.28. The van der Waals surface area contributed by atoms with Gasteiger partial charge in [0.25, 0.3) is 0 Å². The number of para-hydroxylation sites is 1. The lowest BCUT2D eigenvalue weighted by Gasteiger charge is -2.23. The maximum absolute atomic E-state index is 14.0. The summed E-state index contributed by atoms with van der Waals surface area (Å²) in [6.07, 6.45) is 1.20. The van der Waals surface area contributed by atoms with Crippen LogP contribution in [0.4, 0.5) is 8.78 Å². The van der Waals surface area contributed by atoms with Crippen LogP contribution in [0, 0.1) is 11.6 Å². The third kappa shape index (κ3) is 2.74. The van der Waals surface area contributed by atoms with Crippen molar-refractivity contribution in [2.24, 2.45) is 0 Å². The molecule has 2 aromatic carbocycles. The highest BCUT2D eigenvalue weighted by molar-refractivity contribution is 7.89. The van der Waals surface area contributed by atoms with Gasteiger partial charge in [-0.15, -0.1) is 11.3 Å². The van der Waals surface area contributed by atoms with Crippen molar-refractivity contribution in [1.82, 2.24) is 9.29 Å². The molecule has 4 nitrogen and oxygen atoms in total. The molecule has 0 radical (unpaired) electrons. The standard InChI is InChI=1S/C17H14F2N2O2S2/c18-11-5-3-6-12(19)16(11)25(22,23)21-10-4-8-14(21)17-20-13-7-1-2-9-15(13)24-17/h1-3,5-7,9,14H,4,8,10H2/t14-/m0/s1. The summed E-state index contributed by atoms with van der Waals surface area (Å²) in [5.41, 5.74) is 0.795. The maximum atomic E-state index is 14.0. The molecule has 8 heteroatoms. The number of hydrogen-bond donors (Lipinski definition) is 0. The molecular weight excluding hydrogens is 366 g/mol. The molecule has 0 saturated carbocycles. The molecule has 0 spiro atoms. The third-order valence-electron chi connectivity index (χ3n) is 4.28. The molecule has 3 aromatic rings. The highest BCUT2D eigenvalue weighted by Crippen LogP contribution is 2.40. The molecule has 4 rings (SSSR count). The molecule has 0 bridgehead atoms. The first-order valence-corrected chi connectivity index (χ1v) is 10.1. The van der Waals surface area contributed by atoms with Crippen LogP contribution in [0.3, 0.4) is 0 Å². The predicted molar refractivity (Wildman–Crippen MR) is 91.8 cm³/mol. The summed E-state index contributed by atoms with van der Waals surface area (Å²) in [6.45, 7) is 0.219. The summed E-state index contributed by atoms with van der Waals surface area (Å²) < 4.78 is 56.0. The van der Waals surface area contributed by atoms with E-state index < -0.39 is 32.6 Å². The molecule has 130 valence electrons. The topological polar surface area (TPSA) is 50.3 Å². The second-order valence-corrected chi connectivity index (χ2v) is 8.73. The third-order valence-corrected chi connectivity index (χ3v) is 7.38. The zero-order valence-electron chi connectivity index (χ0n) is 13.0. The van der Waals surface area contributed by atoms with E-state index in [1.165, 1.54) is 15.6 Å². The number of nitrogens with zero attached hydrogens (tertiary/aromatic N) is 2. The number of sulfonamides is 1. The fourth-order valence-corrected chi connectivity index (χ4v) is 6.11. The van der Waals surface area contributed by atoms with Gasteiger partial charge >= 0.3 is 0 Å². The Bertz CT molecular complexity index is 996. The summed E-state index contributed by atoms with van der Waals surface area (Å²) in [5.74, 6) is -2.15. The molecule has 0 unspecified atom stereocenters. The highest BCUT2D eigenvalue weighted by Gasteiger charge is 2.40. The minimum Gasteiger partial charge on any atom is -0.239 e. The van der Waals surface area contributed by atoms with Gasteiger partial charge < -0.3 is 0 Å². The second-order valence-electron chi connectivity index (χ2n) is 5.84. The fourth-order valence-electron chi connectivity index (χ4n) is 3.15. The van der Waals surface area contributed by atoms with Crippen LogP contribution < -0.4 is 0 Å². The largest absolute Gasteiger partial charge is 0.249 e. The Morgan fingerprint density at radius 2 is 1.80 bits per heavy atom. The molecule has 25 heavy (non-hydrogen) atoms. The fraction of sp³-hybridized carbons (Fsp3) is 0.235. The Morgan fingerprint density at radius 1 is 1.08 bits per heavy atom. The normalized spacial score (nSPS) is 18.9. The number of aromatic nitrogens is 1. The van der Waals surface area contributed by atoms with Crippen LogP contribution >= 0.6 is 11.3 Å². The first-order chi connectivity index (χ1) is 12.0. The summed E-state index contributed by atoms with van der Waals surface area (Å²) in [5, 5.41) is 0.652. The van der Waals surface area contributed by atoms with Gasteiger partial charge in [0.15, 0.2) is 4.90 Å². The van der Waals surface area contributed by atoms with E-state index in [4.69, 9.17) is 0 Å². The quantitative estimate of drug-likeness (QED) is 0.687. The van der Waals surface area contributed by atoms with Gasteiger partial charge in [-0.05, 0) is 37.1 Å². The smallest absolute Gasteiger partial charge is 0.239 e. The Hall–Kier alpha value is -1.90. The number of benzene rings is 2. The van der Waals surface area contributed by atoms with Crippen molar-refractivity contribution in [2.75, 3.05) is 6.54 Å². The van der Waals surface area contributed by atoms with Crippen molar-refractivity contribution in [1.29, 1.82) is 0 Å². The van der Waals surface area contributed by atoms with Crippen molar-refractivity contribution in [3.05, 3.63) is 59.1 Å². The minimum atomic E-state index is -4.28. The Kier molecular flexibility index (Phi) is 4.05. The molecule has 0 aliphatic carbocycles. The van der Waals surface area contributed by atoms with E-state index in [1.54, 1.807) is 0 Å². The Labute approximate surface area is 147 Å². The lowest BCUT2D eigenvalue weighted by atomic mass is 10.2. The molecule has 1 aliphatic heterocycles. The first-order valence-electron chi connectivity index (χ1n) is 7.80. The van der Waals surface area contributed by atoms with Crippen molar-refractivity contribution in [2.45, 2.75) is 23.8 Å².